The van der Waals surface area contributed by atoms with Crippen LogP contribution in [0.1, 0.15) is 65.0 Å². The van der Waals surface area contributed by atoms with Crippen molar-refractivity contribution in [3.05, 3.63) is 119 Å². The molecular weight excluding hydrogens is 751 g/mol. The molecule has 0 aliphatic carbocycles. The molecule has 0 saturated carbocycles. The zero-order chi connectivity index (χ0) is 42.2. The maximum atomic E-state index is 16.2. The number of rotatable bonds is 14. The summed E-state index contributed by atoms with van der Waals surface area (Å²) in [7, 11) is 5.65. The number of carbonyl (C=O) groups excluding carboxylic acids is 5. The molecule has 0 heterocycles. The molecule has 0 saturated heterocycles. The highest BCUT2D eigenvalue weighted by atomic mass is 19.4. The Balaban J connectivity index is 1.64. The lowest BCUT2D eigenvalue weighted by molar-refractivity contribution is -0.149. The number of hydrogen-bond acceptors (Lipinski definition) is 6. The number of hydrogen-bond donors (Lipinski definition) is 1. The largest absolute Gasteiger partial charge is 0.420 e. The molecule has 15 heteroatoms. The highest BCUT2D eigenvalue weighted by Crippen LogP contribution is 2.37. The monoisotopic (exact) mass is 794 g/mol. The van der Waals surface area contributed by atoms with Gasteiger partial charge in [-0.25, -0.2) is 8.78 Å². The summed E-state index contributed by atoms with van der Waals surface area (Å²) in [6, 6.07) is 18.8. The number of likely N-dealkylation sites (N-methyl/N-ethyl adjacent to an activating group) is 2. The van der Waals surface area contributed by atoms with E-state index in [1.807, 2.05) is 0 Å². The first-order valence-electron chi connectivity index (χ1n) is 18.0. The molecule has 0 bridgehead atoms. The lowest BCUT2D eigenvalue weighted by atomic mass is 9.73. The van der Waals surface area contributed by atoms with E-state index < -0.39 is 81.8 Å². The average Bonchev–Trinajstić information content (AvgIpc) is 3.19. The van der Waals surface area contributed by atoms with E-state index in [4.69, 9.17) is 4.74 Å². The van der Waals surface area contributed by atoms with Gasteiger partial charge in [-0.15, -0.1) is 0 Å². The Morgan fingerprint density at radius 2 is 1.30 bits per heavy atom. The van der Waals surface area contributed by atoms with Crippen LogP contribution in [0.3, 0.4) is 0 Å². The third kappa shape index (κ3) is 9.47. The van der Waals surface area contributed by atoms with E-state index >= 15 is 8.78 Å². The van der Waals surface area contributed by atoms with Crippen LogP contribution >= 0.6 is 0 Å². The SMILES string of the molecule is CCN(C)C(=O)C(CCCC(=O)Oc1c(F)cc(NC(=O)c2ccccc2-c2ccc(C(F)(F)F)cc2)c(C(=O)N(C)C)c1F)(C(=O)N(C)CC)c1ccccc1. The second-order valence-corrected chi connectivity index (χ2v) is 13.4. The molecule has 4 amide bonds. The highest BCUT2D eigenvalue weighted by Gasteiger charge is 2.49. The highest BCUT2D eigenvalue weighted by molar-refractivity contribution is 6.12. The normalized spacial score (nSPS) is 11.4. The van der Waals surface area contributed by atoms with Crippen LogP contribution in [-0.4, -0.2) is 85.6 Å². The van der Waals surface area contributed by atoms with Crippen molar-refractivity contribution in [3.8, 4) is 16.9 Å². The summed E-state index contributed by atoms with van der Waals surface area (Å²) >= 11 is 0. The third-order valence-electron chi connectivity index (χ3n) is 9.53. The first-order valence-corrected chi connectivity index (χ1v) is 18.0. The van der Waals surface area contributed by atoms with Crippen molar-refractivity contribution in [2.45, 2.75) is 44.7 Å². The Morgan fingerprint density at radius 3 is 1.84 bits per heavy atom. The van der Waals surface area contributed by atoms with E-state index in [1.54, 1.807) is 58.3 Å². The summed E-state index contributed by atoms with van der Waals surface area (Å²) < 4.78 is 76.5. The summed E-state index contributed by atoms with van der Waals surface area (Å²) in [6.45, 7) is 4.06. The van der Waals surface area contributed by atoms with Gasteiger partial charge in [0.05, 0.1) is 11.3 Å². The number of benzene rings is 4. The summed E-state index contributed by atoms with van der Waals surface area (Å²) in [5.74, 6) is -8.36. The van der Waals surface area contributed by atoms with Gasteiger partial charge in [0.15, 0.2) is 17.0 Å². The van der Waals surface area contributed by atoms with Gasteiger partial charge < -0.3 is 24.8 Å². The number of nitrogens with zero attached hydrogens (tertiary/aromatic N) is 3. The predicted molar refractivity (Wildman–Crippen MR) is 203 cm³/mol. The van der Waals surface area contributed by atoms with Crippen LogP contribution in [0.25, 0.3) is 11.1 Å². The zero-order valence-corrected chi connectivity index (χ0v) is 32.3. The van der Waals surface area contributed by atoms with Gasteiger partial charge >= 0.3 is 12.1 Å². The third-order valence-corrected chi connectivity index (χ3v) is 9.53. The van der Waals surface area contributed by atoms with Crippen LogP contribution in [-0.2, 0) is 26.0 Å². The van der Waals surface area contributed by atoms with Crippen LogP contribution in [0.15, 0.2) is 84.9 Å². The Kier molecular flexibility index (Phi) is 13.9. The van der Waals surface area contributed by atoms with Crippen molar-refractivity contribution >= 4 is 35.3 Å². The Morgan fingerprint density at radius 1 is 0.737 bits per heavy atom. The van der Waals surface area contributed by atoms with Gasteiger partial charge in [0.2, 0.25) is 17.6 Å². The standard InChI is InChI=1S/C42H43F5N4O6/c1-7-50(5)39(55)41(40(56)51(6)8-2,27-15-10-9-11-16-27)24-14-19-33(52)57-36-31(43)25-32(34(35(36)44)38(54)49(3)4)48-37(53)30-18-13-12-17-29(30)26-20-22-28(23-21-26)42(45,46)47/h9-13,15-18,20-23,25H,7-8,14,19,24H2,1-6H3,(H,48,53). The van der Waals surface area contributed by atoms with Crippen LogP contribution < -0.4 is 10.1 Å². The molecule has 302 valence electrons. The van der Waals surface area contributed by atoms with Crippen LogP contribution in [0, 0.1) is 11.6 Å². The fourth-order valence-electron chi connectivity index (χ4n) is 6.21. The van der Waals surface area contributed by atoms with Gasteiger partial charge in [-0.3, -0.25) is 24.0 Å². The molecule has 57 heavy (non-hydrogen) atoms. The molecule has 4 rings (SSSR count). The van der Waals surface area contributed by atoms with Crippen molar-refractivity contribution in [3.63, 3.8) is 0 Å². The van der Waals surface area contributed by atoms with Gasteiger partial charge in [-0.1, -0.05) is 60.7 Å². The van der Waals surface area contributed by atoms with Crippen LogP contribution in [0.2, 0.25) is 0 Å². The number of ether oxygens (including phenoxy) is 1. The minimum absolute atomic E-state index is 0.0874. The van der Waals surface area contributed by atoms with Gasteiger partial charge in [0.1, 0.15) is 5.56 Å². The molecular formula is C42H43F5N4O6. The number of esters is 1. The smallest absolute Gasteiger partial charge is 0.416 e. The fraction of sp³-hybridized carbons (Fsp3) is 0.310. The summed E-state index contributed by atoms with van der Waals surface area (Å²) in [4.78, 5) is 71.7. The van der Waals surface area contributed by atoms with Gasteiger partial charge in [0.25, 0.3) is 11.8 Å². The van der Waals surface area contributed by atoms with Crippen molar-refractivity contribution in [1.29, 1.82) is 0 Å². The minimum atomic E-state index is -4.59. The number of amides is 4. The van der Waals surface area contributed by atoms with Crippen molar-refractivity contribution < 1.29 is 50.7 Å². The van der Waals surface area contributed by atoms with E-state index in [2.05, 4.69) is 5.32 Å². The molecule has 4 aromatic carbocycles. The summed E-state index contributed by atoms with van der Waals surface area (Å²) in [5, 5.41) is 2.33. The fourth-order valence-corrected chi connectivity index (χ4v) is 6.21. The molecule has 0 aliphatic heterocycles. The molecule has 0 atom stereocenters. The Hall–Kier alpha value is -6.12. The minimum Gasteiger partial charge on any atom is -0.420 e. The summed E-state index contributed by atoms with van der Waals surface area (Å²) in [6.07, 6.45) is -5.37. The zero-order valence-electron chi connectivity index (χ0n) is 32.3. The Labute approximate surface area is 327 Å². The average molecular weight is 795 g/mol. The molecule has 1 N–H and O–H groups in total. The number of halogens is 5. The number of nitrogens with one attached hydrogen (secondary N) is 1. The quantitative estimate of drug-likeness (QED) is 0.0610. The molecule has 0 aromatic heterocycles. The molecule has 0 aliphatic rings. The molecule has 10 nitrogen and oxygen atoms in total. The molecule has 0 fully saturated rings. The van der Waals surface area contributed by atoms with Crippen molar-refractivity contribution in [2.24, 2.45) is 0 Å². The van der Waals surface area contributed by atoms with E-state index in [1.165, 1.54) is 60.3 Å². The Bertz CT molecular complexity index is 2100. The van der Waals surface area contributed by atoms with Gasteiger partial charge in [0, 0.05) is 59.3 Å². The molecule has 0 radical (unpaired) electrons. The van der Waals surface area contributed by atoms with Gasteiger partial charge in [-0.05, 0) is 61.6 Å². The van der Waals surface area contributed by atoms with E-state index in [0.717, 1.165) is 17.0 Å². The second-order valence-electron chi connectivity index (χ2n) is 13.4. The lowest BCUT2D eigenvalue weighted by Gasteiger charge is -2.37. The maximum absolute atomic E-state index is 16.2. The second kappa shape index (κ2) is 18.2. The van der Waals surface area contributed by atoms with Crippen LogP contribution in [0.4, 0.5) is 27.6 Å². The first kappa shape index (κ1) is 43.6. The lowest BCUT2D eigenvalue weighted by Crippen LogP contribution is -2.55. The first-order chi connectivity index (χ1) is 26.9. The van der Waals surface area contributed by atoms with E-state index in [-0.39, 0.29) is 42.6 Å². The molecule has 0 unspecified atom stereocenters. The van der Waals surface area contributed by atoms with E-state index in [0.29, 0.717) is 11.6 Å². The maximum Gasteiger partial charge on any atom is 0.416 e. The van der Waals surface area contributed by atoms with Crippen molar-refractivity contribution in [2.75, 3.05) is 46.6 Å². The van der Waals surface area contributed by atoms with Gasteiger partial charge in [-0.2, -0.15) is 13.2 Å². The van der Waals surface area contributed by atoms with E-state index in [9.17, 15) is 37.1 Å². The molecule has 4 aromatic rings. The predicted octanol–water partition coefficient (Wildman–Crippen LogP) is 7.58. The number of carbonyl (C=O) groups is 5. The molecule has 0 spiro atoms. The van der Waals surface area contributed by atoms with Crippen molar-refractivity contribution in [1.82, 2.24) is 14.7 Å². The topological polar surface area (TPSA) is 116 Å². The summed E-state index contributed by atoms with van der Waals surface area (Å²) in [5.41, 5.74) is -3.34. The number of alkyl halides is 3. The number of anilines is 1. The van der Waals surface area contributed by atoms with Crippen LogP contribution in [0.5, 0.6) is 5.75 Å².